The van der Waals surface area contributed by atoms with Crippen molar-refractivity contribution < 1.29 is 4.79 Å². The largest absolute Gasteiger partial charge is 0.324 e. The quantitative estimate of drug-likeness (QED) is 0.498. The molecular weight excluding hydrogens is 423 g/mol. The second-order valence-electron chi connectivity index (χ2n) is 6.20. The van der Waals surface area contributed by atoms with Crippen molar-refractivity contribution >= 4 is 57.9 Å². The Hall–Kier alpha value is -1.54. The van der Waals surface area contributed by atoms with Gasteiger partial charge in [0, 0.05) is 22.9 Å². The summed E-state index contributed by atoms with van der Waals surface area (Å²) in [6.07, 6.45) is 0. The van der Waals surface area contributed by atoms with Gasteiger partial charge < -0.3 is 9.88 Å². The van der Waals surface area contributed by atoms with Crippen LogP contribution >= 0.6 is 46.3 Å². The third-order valence-electron chi connectivity index (χ3n) is 3.84. The zero-order valence-electron chi connectivity index (χ0n) is 15.0. The van der Waals surface area contributed by atoms with Crippen molar-refractivity contribution in [3.8, 4) is 11.4 Å². The highest BCUT2D eigenvalue weighted by atomic mass is 35.5. The van der Waals surface area contributed by atoms with E-state index in [2.05, 4.69) is 40.8 Å². The molecule has 3 rings (SSSR count). The first-order valence-corrected chi connectivity index (χ1v) is 10.8. The third kappa shape index (κ3) is 4.66. The molecular formula is C18H18Cl2N4OS2. The van der Waals surface area contributed by atoms with Crippen LogP contribution < -0.4 is 5.32 Å². The van der Waals surface area contributed by atoms with Crippen LogP contribution in [0.3, 0.4) is 0 Å². The second-order valence-corrected chi connectivity index (χ2v) is 8.87. The van der Waals surface area contributed by atoms with Crippen LogP contribution in [0, 0.1) is 0 Å². The molecule has 0 atom stereocenters. The van der Waals surface area contributed by atoms with E-state index in [0.717, 1.165) is 11.4 Å². The molecule has 3 aromatic rings. The Bertz CT molecular complexity index is 968. The average Bonchev–Trinajstić information content (AvgIpc) is 3.24. The summed E-state index contributed by atoms with van der Waals surface area (Å²) < 4.78 is 1.90. The molecule has 0 saturated heterocycles. The van der Waals surface area contributed by atoms with E-state index >= 15 is 0 Å². The van der Waals surface area contributed by atoms with Crippen molar-refractivity contribution in [3.05, 3.63) is 44.6 Å². The van der Waals surface area contributed by atoms with E-state index in [0.29, 0.717) is 26.8 Å². The number of hydrogen-bond acceptors (Lipinski definition) is 5. The number of carbonyl (C=O) groups excluding carboxylic acids is 1. The number of rotatable bonds is 6. The van der Waals surface area contributed by atoms with Crippen LogP contribution in [0.5, 0.6) is 0 Å². The first-order valence-electron chi connectivity index (χ1n) is 8.21. The number of anilines is 1. The van der Waals surface area contributed by atoms with Gasteiger partial charge in [0.15, 0.2) is 11.0 Å². The Labute approximate surface area is 176 Å². The maximum absolute atomic E-state index is 12.2. The van der Waals surface area contributed by atoms with Crippen molar-refractivity contribution in [2.75, 3.05) is 11.1 Å². The Morgan fingerprint density at radius 1 is 1.33 bits per heavy atom. The van der Waals surface area contributed by atoms with E-state index in [9.17, 15) is 4.79 Å². The number of nitrogens with one attached hydrogen (secondary N) is 1. The Morgan fingerprint density at radius 2 is 2.11 bits per heavy atom. The van der Waals surface area contributed by atoms with Gasteiger partial charge in [-0.3, -0.25) is 4.79 Å². The SMILES string of the molecule is CC(C)c1cc(-c2nnc(SCC(=O)Nc3cccc(Cl)c3Cl)n2C)cs1. The molecule has 0 unspecified atom stereocenters. The summed E-state index contributed by atoms with van der Waals surface area (Å²) in [7, 11) is 1.90. The van der Waals surface area contributed by atoms with Crippen molar-refractivity contribution in [1.29, 1.82) is 0 Å². The van der Waals surface area contributed by atoms with Gasteiger partial charge in [0.25, 0.3) is 0 Å². The fourth-order valence-corrected chi connectivity index (χ4v) is 4.34. The maximum Gasteiger partial charge on any atom is 0.234 e. The summed E-state index contributed by atoms with van der Waals surface area (Å²) in [5.74, 6) is 1.27. The third-order valence-corrected chi connectivity index (χ3v) is 6.91. The number of thioether (sulfide) groups is 1. The van der Waals surface area contributed by atoms with E-state index in [1.807, 2.05) is 11.6 Å². The highest BCUT2D eigenvalue weighted by molar-refractivity contribution is 7.99. The van der Waals surface area contributed by atoms with Crippen molar-refractivity contribution in [1.82, 2.24) is 14.8 Å². The van der Waals surface area contributed by atoms with Crippen LogP contribution in [0.25, 0.3) is 11.4 Å². The van der Waals surface area contributed by atoms with E-state index < -0.39 is 0 Å². The number of carbonyl (C=O) groups is 1. The molecule has 0 spiro atoms. The maximum atomic E-state index is 12.2. The van der Waals surface area contributed by atoms with Gasteiger partial charge >= 0.3 is 0 Å². The molecule has 1 N–H and O–H groups in total. The smallest absolute Gasteiger partial charge is 0.234 e. The van der Waals surface area contributed by atoms with Gasteiger partial charge in [-0.2, -0.15) is 0 Å². The van der Waals surface area contributed by atoms with E-state index in [-0.39, 0.29) is 11.7 Å². The minimum atomic E-state index is -0.189. The Morgan fingerprint density at radius 3 is 2.81 bits per heavy atom. The van der Waals surface area contributed by atoms with E-state index in [1.165, 1.54) is 16.6 Å². The van der Waals surface area contributed by atoms with Crippen molar-refractivity contribution in [3.63, 3.8) is 0 Å². The second kappa shape index (κ2) is 8.65. The first-order chi connectivity index (χ1) is 12.9. The molecule has 0 aliphatic heterocycles. The number of amides is 1. The van der Waals surface area contributed by atoms with Crippen molar-refractivity contribution in [2.45, 2.75) is 24.9 Å². The van der Waals surface area contributed by atoms with Gasteiger partial charge in [-0.25, -0.2) is 0 Å². The number of benzene rings is 1. The van der Waals surface area contributed by atoms with Crippen LogP contribution in [-0.2, 0) is 11.8 Å². The summed E-state index contributed by atoms with van der Waals surface area (Å²) in [6, 6.07) is 7.25. The Balaban J connectivity index is 1.65. The van der Waals surface area contributed by atoms with E-state index in [1.54, 1.807) is 29.5 Å². The molecule has 0 bridgehead atoms. The monoisotopic (exact) mass is 440 g/mol. The number of hydrogen-bond donors (Lipinski definition) is 1. The molecule has 9 heteroatoms. The predicted molar refractivity (Wildman–Crippen MR) is 114 cm³/mol. The number of aromatic nitrogens is 3. The molecule has 2 aromatic heterocycles. The molecule has 27 heavy (non-hydrogen) atoms. The van der Waals surface area contributed by atoms with Crippen LogP contribution in [0.1, 0.15) is 24.6 Å². The lowest BCUT2D eigenvalue weighted by Gasteiger charge is -2.08. The number of halogens is 2. The lowest BCUT2D eigenvalue weighted by molar-refractivity contribution is -0.113. The topological polar surface area (TPSA) is 59.8 Å². The molecule has 2 heterocycles. The standard InChI is InChI=1S/C18H18Cl2N4OS2/c1-10(2)14-7-11(8-26-14)17-22-23-18(24(17)3)27-9-15(25)21-13-6-4-5-12(19)16(13)20/h4-8,10H,9H2,1-3H3,(H,21,25). The van der Waals surface area contributed by atoms with Crippen LogP contribution in [0.2, 0.25) is 10.0 Å². The number of nitrogens with zero attached hydrogens (tertiary/aromatic N) is 3. The van der Waals surface area contributed by atoms with Gasteiger partial charge in [0.1, 0.15) is 0 Å². The van der Waals surface area contributed by atoms with Gasteiger partial charge in [0.05, 0.1) is 21.5 Å². The zero-order valence-corrected chi connectivity index (χ0v) is 18.1. The van der Waals surface area contributed by atoms with Crippen LogP contribution in [-0.4, -0.2) is 26.4 Å². The zero-order chi connectivity index (χ0) is 19.6. The highest BCUT2D eigenvalue weighted by Crippen LogP contribution is 2.31. The van der Waals surface area contributed by atoms with Gasteiger partial charge in [-0.15, -0.1) is 21.5 Å². The van der Waals surface area contributed by atoms with Gasteiger partial charge in [-0.1, -0.05) is 54.9 Å². The average molecular weight is 441 g/mol. The minimum Gasteiger partial charge on any atom is -0.324 e. The summed E-state index contributed by atoms with van der Waals surface area (Å²) in [5, 5.41) is 14.7. The molecule has 0 aliphatic carbocycles. The summed E-state index contributed by atoms with van der Waals surface area (Å²) in [5.41, 5.74) is 1.54. The molecule has 0 fully saturated rings. The lowest BCUT2D eigenvalue weighted by atomic mass is 10.1. The molecule has 1 aromatic carbocycles. The summed E-state index contributed by atoms with van der Waals surface area (Å²) in [6.45, 7) is 4.33. The van der Waals surface area contributed by atoms with Crippen LogP contribution in [0.4, 0.5) is 5.69 Å². The molecule has 0 radical (unpaired) electrons. The molecule has 0 saturated carbocycles. The molecule has 142 valence electrons. The first kappa shape index (κ1) is 20.2. The molecule has 1 amide bonds. The molecule has 5 nitrogen and oxygen atoms in total. The number of thiophene rings is 1. The van der Waals surface area contributed by atoms with Gasteiger partial charge in [0.2, 0.25) is 5.91 Å². The Kier molecular flexibility index (Phi) is 6.47. The summed E-state index contributed by atoms with van der Waals surface area (Å²) in [4.78, 5) is 13.5. The lowest BCUT2D eigenvalue weighted by Crippen LogP contribution is -2.14. The fourth-order valence-electron chi connectivity index (χ4n) is 2.38. The van der Waals surface area contributed by atoms with Crippen LogP contribution in [0.15, 0.2) is 34.8 Å². The van der Waals surface area contributed by atoms with Gasteiger partial charge in [-0.05, 0) is 24.1 Å². The molecule has 0 aliphatic rings. The minimum absolute atomic E-state index is 0.189. The summed E-state index contributed by atoms with van der Waals surface area (Å²) >= 11 is 15.1. The highest BCUT2D eigenvalue weighted by Gasteiger charge is 2.15. The fraction of sp³-hybridized carbons (Fsp3) is 0.278. The predicted octanol–water partition coefficient (Wildman–Crippen LogP) is 5.70. The van der Waals surface area contributed by atoms with Crippen molar-refractivity contribution in [2.24, 2.45) is 7.05 Å². The normalized spacial score (nSPS) is 11.2. The van der Waals surface area contributed by atoms with E-state index in [4.69, 9.17) is 23.2 Å².